The first-order valence-corrected chi connectivity index (χ1v) is 10.4. The molecule has 2 rings (SSSR count). The average Bonchev–Trinajstić information content (AvgIpc) is 2.50. The van der Waals surface area contributed by atoms with Crippen LogP contribution in [0.25, 0.3) is 0 Å². The summed E-state index contributed by atoms with van der Waals surface area (Å²) in [6.45, 7) is 5.38. The van der Waals surface area contributed by atoms with Gasteiger partial charge in [0, 0.05) is 32.5 Å². The maximum absolute atomic E-state index is 13.5. The molecule has 3 unspecified atom stereocenters. The maximum atomic E-state index is 13.5. The molecule has 3 atom stereocenters. The van der Waals surface area contributed by atoms with Gasteiger partial charge in [-0.15, -0.1) is 0 Å². The van der Waals surface area contributed by atoms with E-state index in [-0.39, 0.29) is 5.82 Å². The Kier molecular flexibility index (Phi) is 7.39. The first kappa shape index (κ1) is 17.6. The fourth-order valence-electron chi connectivity index (χ4n) is 2.81. The molecule has 0 radical (unpaired) electrons. The number of halogens is 2. The van der Waals surface area contributed by atoms with E-state index in [1.807, 2.05) is 6.07 Å². The van der Waals surface area contributed by atoms with Gasteiger partial charge in [0.1, 0.15) is 5.82 Å². The van der Waals surface area contributed by atoms with E-state index >= 15 is 0 Å². The molecule has 1 aliphatic heterocycles. The minimum Gasteiger partial charge on any atom is -0.313 e. The first-order chi connectivity index (χ1) is 10.2. The van der Waals surface area contributed by atoms with Crippen LogP contribution in [-0.2, 0) is 6.42 Å². The van der Waals surface area contributed by atoms with E-state index < -0.39 is 0 Å². The summed E-state index contributed by atoms with van der Waals surface area (Å²) >= 11 is 7.74. The van der Waals surface area contributed by atoms with Crippen LogP contribution in [0.5, 0.6) is 0 Å². The Morgan fingerprint density at radius 2 is 2.10 bits per heavy atom. The first-order valence-electron chi connectivity index (χ1n) is 7.56. The van der Waals surface area contributed by atoms with Crippen molar-refractivity contribution in [3.8, 4) is 0 Å². The van der Waals surface area contributed by atoms with Crippen molar-refractivity contribution in [1.29, 1.82) is 0 Å². The highest BCUT2D eigenvalue weighted by Gasteiger charge is 2.32. The average molecular weight is 392 g/mol. The monoisotopic (exact) mass is 391 g/mol. The number of rotatable bonds is 6. The lowest BCUT2D eigenvalue weighted by Crippen LogP contribution is -2.46. The zero-order chi connectivity index (χ0) is 15.2. The van der Waals surface area contributed by atoms with E-state index in [1.165, 1.54) is 24.0 Å². The van der Waals surface area contributed by atoms with Crippen LogP contribution >= 0.6 is 39.5 Å². The van der Waals surface area contributed by atoms with Gasteiger partial charge in [-0.05, 0) is 43.1 Å². The van der Waals surface area contributed by atoms with Gasteiger partial charge in [-0.25, -0.2) is 4.39 Å². The molecule has 1 fully saturated rings. The number of thioether (sulfide) groups is 2. The van der Waals surface area contributed by atoms with Crippen molar-refractivity contribution in [2.45, 2.75) is 43.2 Å². The number of nitrogens with one attached hydrogen (secondary N) is 1. The zero-order valence-corrected chi connectivity index (χ0v) is 15.8. The van der Waals surface area contributed by atoms with Crippen molar-refractivity contribution in [1.82, 2.24) is 5.32 Å². The molecule has 1 saturated heterocycles. The molecule has 21 heavy (non-hydrogen) atoms. The van der Waals surface area contributed by atoms with Gasteiger partial charge in [0.05, 0.1) is 0 Å². The largest absolute Gasteiger partial charge is 0.313 e. The molecule has 1 N–H and O–H groups in total. The smallest absolute Gasteiger partial charge is 0.123 e. The summed E-state index contributed by atoms with van der Waals surface area (Å²) in [5, 5.41) is 4.93. The molecule has 1 aliphatic rings. The minimum atomic E-state index is -0.152. The highest BCUT2D eigenvalue weighted by atomic mass is 79.9. The lowest BCUT2D eigenvalue weighted by Gasteiger charge is -2.36. The second kappa shape index (κ2) is 8.80. The highest BCUT2D eigenvalue weighted by Crippen LogP contribution is 2.36. The Balaban J connectivity index is 2.15. The Bertz CT molecular complexity index is 458. The van der Waals surface area contributed by atoms with E-state index in [0.29, 0.717) is 16.5 Å². The van der Waals surface area contributed by atoms with Crippen molar-refractivity contribution in [3.63, 3.8) is 0 Å². The number of likely N-dealkylation sites (N-methyl/N-ethyl adjacent to an activating group) is 1. The van der Waals surface area contributed by atoms with Crippen LogP contribution in [0.1, 0.15) is 25.8 Å². The maximum Gasteiger partial charge on any atom is 0.123 e. The summed E-state index contributed by atoms with van der Waals surface area (Å²) < 4.78 is 14.5. The van der Waals surface area contributed by atoms with Gasteiger partial charge in [0.25, 0.3) is 0 Å². The molecule has 0 amide bonds. The molecular weight excluding hydrogens is 369 g/mol. The van der Waals surface area contributed by atoms with Crippen LogP contribution in [0.15, 0.2) is 22.7 Å². The molecule has 1 nitrogen and oxygen atoms in total. The van der Waals surface area contributed by atoms with Gasteiger partial charge in [-0.3, -0.25) is 0 Å². The standard InChI is InChI=1S/C16H23BrFNS2/c1-3-15-16(21-8-7-20-15)14(19-4-2)10-11-9-12(18)5-6-13(11)17/h5-6,9,14-16,19H,3-4,7-8,10H2,1-2H3. The third kappa shape index (κ3) is 4.88. The van der Waals surface area contributed by atoms with Crippen molar-refractivity contribution in [3.05, 3.63) is 34.1 Å². The summed E-state index contributed by atoms with van der Waals surface area (Å²) in [6, 6.07) is 5.38. The van der Waals surface area contributed by atoms with Gasteiger partial charge in [0.15, 0.2) is 0 Å². The number of hydrogen-bond acceptors (Lipinski definition) is 3. The third-order valence-corrected chi connectivity index (χ3v) is 7.99. The predicted molar refractivity (Wildman–Crippen MR) is 98.1 cm³/mol. The van der Waals surface area contributed by atoms with E-state index in [1.54, 1.807) is 6.07 Å². The molecule has 1 aromatic rings. The van der Waals surface area contributed by atoms with Crippen LogP contribution in [0.2, 0.25) is 0 Å². The lowest BCUT2D eigenvalue weighted by atomic mass is 10.00. The Morgan fingerprint density at radius 1 is 1.33 bits per heavy atom. The van der Waals surface area contributed by atoms with E-state index in [9.17, 15) is 4.39 Å². The van der Waals surface area contributed by atoms with E-state index in [4.69, 9.17) is 0 Å². The summed E-state index contributed by atoms with van der Waals surface area (Å²) in [6.07, 6.45) is 2.08. The molecule has 1 aromatic carbocycles. The van der Waals surface area contributed by atoms with Gasteiger partial charge in [-0.2, -0.15) is 23.5 Å². The van der Waals surface area contributed by atoms with Gasteiger partial charge in [0.2, 0.25) is 0 Å². The third-order valence-electron chi connectivity index (χ3n) is 3.80. The predicted octanol–water partition coefficient (Wildman–Crippen LogP) is 4.74. The topological polar surface area (TPSA) is 12.0 Å². The number of benzene rings is 1. The number of hydrogen-bond donors (Lipinski definition) is 1. The lowest BCUT2D eigenvalue weighted by molar-refractivity contribution is 0.488. The second-order valence-electron chi connectivity index (χ2n) is 5.26. The van der Waals surface area contributed by atoms with Gasteiger partial charge >= 0.3 is 0 Å². The second-order valence-corrected chi connectivity index (χ2v) is 8.74. The summed E-state index contributed by atoms with van der Waals surface area (Å²) in [5.74, 6) is 2.32. The van der Waals surface area contributed by atoms with E-state index in [2.05, 4.69) is 58.6 Å². The van der Waals surface area contributed by atoms with Gasteiger partial charge in [-0.1, -0.05) is 29.8 Å². The molecule has 0 aromatic heterocycles. The summed E-state index contributed by atoms with van der Waals surface area (Å²) in [7, 11) is 0. The molecule has 0 bridgehead atoms. The van der Waals surface area contributed by atoms with Crippen LogP contribution in [0, 0.1) is 5.82 Å². The molecular formula is C16H23BrFNS2. The molecule has 0 spiro atoms. The van der Waals surface area contributed by atoms with E-state index in [0.717, 1.165) is 23.0 Å². The summed E-state index contributed by atoms with van der Waals surface area (Å²) in [5.41, 5.74) is 1.06. The molecule has 5 heteroatoms. The normalized spacial score (nSPS) is 24.0. The fourth-order valence-corrected chi connectivity index (χ4v) is 6.49. The fraction of sp³-hybridized carbons (Fsp3) is 0.625. The SMILES string of the molecule is CCNC(Cc1cc(F)ccc1Br)C1SCCSC1CC. The molecule has 0 saturated carbocycles. The Labute approximate surface area is 144 Å². The van der Waals surface area contributed by atoms with Crippen molar-refractivity contribution in [2.24, 2.45) is 0 Å². The Morgan fingerprint density at radius 3 is 2.81 bits per heavy atom. The minimum absolute atomic E-state index is 0.152. The molecule has 0 aliphatic carbocycles. The van der Waals surface area contributed by atoms with Crippen molar-refractivity contribution >= 4 is 39.5 Å². The quantitative estimate of drug-likeness (QED) is 0.751. The van der Waals surface area contributed by atoms with Crippen molar-refractivity contribution < 1.29 is 4.39 Å². The van der Waals surface area contributed by atoms with Crippen LogP contribution in [-0.4, -0.2) is 34.6 Å². The van der Waals surface area contributed by atoms with Crippen LogP contribution in [0.3, 0.4) is 0 Å². The zero-order valence-electron chi connectivity index (χ0n) is 12.6. The van der Waals surface area contributed by atoms with Crippen molar-refractivity contribution in [2.75, 3.05) is 18.1 Å². The molecule has 1 heterocycles. The van der Waals surface area contributed by atoms with Gasteiger partial charge < -0.3 is 5.32 Å². The highest BCUT2D eigenvalue weighted by molar-refractivity contribution is 9.10. The molecule has 118 valence electrons. The van der Waals surface area contributed by atoms with Crippen LogP contribution in [0.4, 0.5) is 4.39 Å². The summed E-state index contributed by atoms with van der Waals surface area (Å²) in [4.78, 5) is 0. The Hall–Kier alpha value is 0.290. The van der Waals surface area contributed by atoms with Crippen LogP contribution < -0.4 is 5.32 Å².